The van der Waals surface area contributed by atoms with E-state index in [2.05, 4.69) is 119 Å². The molecular formula is C32H19N3S. The molecule has 4 aromatic heterocycles. The van der Waals surface area contributed by atoms with Gasteiger partial charge in [0, 0.05) is 33.3 Å². The number of imidazole rings is 1. The smallest absolute Gasteiger partial charge is 0.138 e. The summed E-state index contributed by atoms with van der Waals surface area (Å²) < 4.78 is 3.50. The summed E-state index contributed by atoms with van der Waals surface area (Å²) in [6.45, 7) is 0. The minimum absolute atomic E-state index is 0.986. The summed E-state index contributed by atoms with van der Waals surface area (Å²) in [4.78, 5) is 10.7. The molecule has 168 valence electrons. The Hall–Kier alpha value is -4.54. The molecule has 0 saturated carbocycles. The van der Waals surface area contributed by atoms with E-state index in [9.17, 15) is 0 Å². The molecule has 0 aliphatic rings. The first-order valence-corrected chi connectivity index (χ1v) is 12.8. The highest BCUT2D eigenvalue weighted by Gasteiger charge is 2.12. The lowest BCUT2D eigenvalue weighted by Crippen LogP contribution is -1.87. The fraction of sp³-hybridized carbons (Fsp3) is 0. The molecule has 8 aromatic rings. The quantitative estimate of drug-likeness (QED) is 0.233. The number of fused-ring (bicyclic) bond motifs is 8. The average molecular weight is 478 g/mol. The molecule has 36 heavy (non-hydrogen) atoms. The van der Waals surface area contributed by atoms with Crippen molar-refractivity contribution in [3.63, 3.8) is 0 Å². The number of benzene rings is 4. The molecule has 0 atom stereocenters. The van der Waals surface area contributed by atoms with Crippen LogP contribution in [0, 0.1) is 0 Å². The van der Waals surface area contributed by atoms with Gasteiger partial charge in [-0.2, -0.15) is 0 Å². The van der Waals surface area contributed by atoms with Crippen LogP contribution in [0.2, 0.25) is 0 Å². The molecule has 0 radical (unpaired) electrons. The standard InChI is InChI=1S/C32H19N3S/c1-2-6-25-23(5-1)18-33-28-15-13-22(17-27(25)28)20-9-11-21(12-10-20)24-14-16-30-34-31-26-7-3-4-8-29(26)36-32(31)35(30)19-24/h1-19H. The zero-order valence-corrected chi connectivity index (χ0v) is 20.0. The molecule has 0 fully saturated rings. The van der Waals surface area contributed by atoms with Gasteiger partial charge in [0.2, 0.25) is 0 Å². The number of hydrogen-bond acceptors (Lipinski definition) is 3. The molecule has 0 bridgehead atoms. The number of rotatable bonds is 2. The molecule has 0 unspecified atom stereocenters. The molecule has 0 N–H and O–H groups in total. The first kappa shape index (κ1) is 19.7. The van der Waals surface area contributed by atoms with Gasteiger partial charge in [-0.1, -0.05) is 72.8 Å². The molecule has 8 rings (SSSR count). The highest BCUT2D eigenvalue weighted by Crippen LogP contribution is 2.35. The van der Waals surface area contributed by atoms with Crippen LogP contribution in [0.25, 0.3) is 70.0 Å². The number of hydrogen-bond donors (Lipinski definition) is 0. The summed E-state index contributed by atoms with van der Waals surface area (Å²) in [6, 6.07) is 36.6. The summed E-state index contributed by atoms with van der Waals surface area (Å²) in [5.41, 5.74) is 7.86. The molecule has 4 heteroatoms. The second-order valence-electron chi connectivity index (χ2n) is 9.16. The van der Waals surface area contributed by atoms with E-state index in [1.54, 1.807) is 11.3 Å². The second kappa shape index (κ2) is 7.48. The summed E-state index contributed by atoms with van der Waals surface area (Å²) in [6.07, 6.45) is 4.17. The van der Waals surface area contributed by atoms with Crippen LogP contribution in [0.1, 0.15) is 0 Å². The molecule has 0 saturated heterocycles. The van der Waals surface area contributed by atoms with E-state index in [4.69, 9.17) is 4.98 Å². The Labute approximate surface area is 210 Å². The Morgan fingerprint density at radius 1 is 0.611 bits per heavy atom. The Bertz CT molecular complexity index is 2100. The van der Waals surface area contributed by atoms with E-state index in [-0.39, 0.29) is 0 Å². The Morgan fingerprint density at radius 3 is 2.22 bits per heavy atom. The maximum Gasteiger partial charge on any atom is 0.138 e. The highest BCUT2D eigenvalue weighted by atomic mass is 32.1. The number of thiophene rings is 1. The van der Waals surface area contributed by atoms with Crippen molar-refractivity contribution < 1.29 is 0 Å². The van der Waals surface area contributed by atoms with Crippen molar-refractivity contribution in [2.24, 2.45) is 0 Å². The molecule has 0 amide bonds. The van der Waals surface area contributed by atoms with Gasteiger partial charge in [-0.25, -0.2) is 4.98 Å². The zero-order chi connectivity index (χ0) is 23.6. The Kier molecular flexibility index (Phi) is 4.10. The minimum Gasteiger partial charge on any atom is -0.290 e. The minimum atomic E-state index is 0.986. The SMILES string of the molecule is c1ccc2c(c1)cnc1ccc(-c3ccc(-c4ccc5nc6c7ccccc7sc6n5c4)cc3)cc12. The van der Waals surface area contributed by atoms with Gasteiger partial charge in [-0.3, -0.25) is 9.38 Å². The molecule has 0 spiro atoms. The summed E-state index contributed by atoms with van der Waals surface area (Å²) >= 11 is 1.80. The van der Waals surface area contributed by atoms with Gasteiger partial charge >= 0.3 is 0 Å². The van der Waals surface area contributed by atoms with Crippen LogP contribution < -0.4 is 0 Å². The lowest BCUT2D eigenvalue weighted by Gasteiger charge is -2.08. The number of aromatic nitrogens is 3. The van der Waals surface area contributed by atoms with Gasteiger partial charge in [0.15, 0.2) is 0 Å². The van der Waals surface area contributed by atoms with Gasteiger partial charge in [-0.15, -0.1) is 11.3 Å². The van der Waals surface area contributed by atoms with Gasteiger partial charge in [0.25, 0.3) is 0 Å². The van der Waals surface area contributed by atoms with Crippen molar-refractivity contribution >= 4 is 59.1 Å². The third kappa shape index (κ3) is 2.92. The van der Waals surface area contributed by atoms with Gasteiger partial charge < -0.3 is 0 Å². The van der Waals surface area contributed by atoms with Crippen LogP contribution in [0.3, 0.4) is 0 Å². The van der Waals surface area contributed by atoms with Crippen LogP contribution in [-0.4, -0.2) is 14.4 Å². The normalized spacial score (nSPS) is 11.9. The molecule has 0 aliphatic carbocycles. The van der Waals surface area contributed by atoms with Crippen molar-refractivity contribution in [3.8, 4) is 22.3 Å². The van der Waals surface area contributed by atoms with Crippen molar-refractivity contribution in [1.29, 1.82) is 0 Å². The maximum absolute atomic E-state index is 4.91. The first-order chi connectivity index (χ1) is 17.8. The Morgan fingerprint density at radius 2 is 1.33 bits per heavy atom. The maximum atomic E-state index is 4.91. The number of pyridine rings is 2. The van der Waals surface area contributed by atoms with Gasteiger partial charge in [-0.05, 0) is 58.0 Å². The molecule has 0 aliphatic heterocycles. The predicted octanol–water partition coefficient (Wildman–Crippen LogP) is 8.74. The monoisotopic (exact) mass is 477 g/mol. The van der Waals surface area contributed by atoms with Gasteiger partial charge in [0.05, 0.1) is 5.52 Å². The highest BCUT2D eigenvalue weighted by molar-refractivity contribution is 7.25. The predicted molar refractivity (Wildman–Crippen MR) is 152 cm³/mol. The summed E-state index contributed by atoms with van der Waals surface area (Å²) in [7, 11) is 0. The van der Waals surface area contributed by atoms with Crippen molar-refractivity contribution in [2.75, 3.05) is 0 Å². The average Bonchev–Trinajstić information content (AvgIpc) is 3.49. The lowest BCUT2D eigenvalue weighted by atomic mass is 9.98. The topological polar surface area (TPSA) is 30.2 Å². The summed E-state index contributed by atoms with van der Waals surface area (Å²) in [5, 5.41) is 4.82. The largest absolute Gasteiger partial charge is 0.290 e. The third-order valence-corrected chi connectivity index (χ3v) is 8.22. The Balaban J connectivity index is 1.21. The van der Waals surface area contributed by atoms with Crippen molar-refractivity contribution in [3.05, 3.63) is 116 Å². The molecule has 4 aromatic carbocycles. The van der Waals surface area contributed by atoms with E-state index >= 15 is 0 Å². The first-order valence-electron chi connectivity index (χ1n) is 12.0. The van der Waals surface area contributed by atoms with Gasteiger partial charge in [0.1, 0.15) is 16.0 Å². The lowest BCUT2D eigenvalue weighted by molar-refractivity contribution is 1.24. The van der Waals surface area contributed by atoms with E-state index in [1.807, 2.05) is 6.20 Å². The third-order valence-electron chi connectivity index (χ3n) is 7.07. The molecule has 4 heterocycles. The van der Waals surface area contributed by atoms with Crippen LogP contribution in [0.15, 0.2) is 116 Å². The number of nitrogens with zero attached hydrogens (tertiary/aromatic N) is 3. The molecule has 3 nitrogen and oxygen atoms in total. The van der Waals surface area contributed by atoms with E-state index < -0.39 is 0 Å². The fourth-order valence-electron chi connectivity index (χ4n) is 5.22. The summed E-state index contributed by atoms with van der Waals surface area (Å²) in [5.74, 6) is 0. The van der Waals surface area contributed by atoms with E-state index in [0.717, 1.165) is 16.7 Å². The van der Waals surface area contributed by atoms with E-state index in [0.29, 0.717) is 0 Å². The second-order valence-corrected chi connectivity index (χ2v) is 10.2. The fourth-order valence-corrected chi connectivity index (χ4v) is 6.34. The zero-order valence-electron chi connectivity index (χ0n) is 19.2. The molecular weight excluding hydrogens is 458 g/mol. The van der Waals surface area contributed by atoms with Crippen LogP contribution in [-0.2, 0) is 0 Å². The van der Waals surface area contributed by atoms with Crippen LogP contribution in [0.5, 0.6) is 0 Å². The van der Waals surface area contributed by atoms with Crippen LogP contribution in [0.4, 0.5) is 0 Å². The van der Waals surface area contributed by atoms with Crippen molar-refractivity contribution in [1.82, 2.24) is 14.4 Å². The van der Waals surface area contributed by atoms with Crippen molar-refractivity contribution in [2.45, 2.75) is 0 Å². The van der Waals surface area contributed by atoms with Crippen LogP contribution >= 0.6 is 11.3 Å². The van der Waals surface area contributed by atoms with E-state index in [1.165, 1.54) is 53.3 Å².